The van der Waals surface area contributed by atoms with Gasteiger partial charge in [0.25, 0.3) is 0 Å². The Kier molecular flexibility index (Phi) is 5.60. The standard InChI is InChI=1S/C13H19F3N2O/c1-3-4-5-6-19-12-10(8-17)9(2)7-11(18-12)13(14,15)16/h7H,3-6,8,17H2,1-2H3. The van der Waals surface area contributed by atoms with Crippen LogP contribution in [0.4, 0.5) is 13.2 Å². The Bertz CT molecular complexity index is 419. The van der Waals surface area contributed by atoms with Crippen molar-refractivity contribution in [2.45, 2.75) is 45.8 Å². The van der Waals surface area contributed by atoms with Crippen molar-refractivity contribution in [1.82, 2.24) is 4.98 Å². The molecule has 0 spiro atoms. The van der Waals surface area contributed by atoms with E-state index >= 15 is 0 Å². The van der Waals surface area contributed by atoms with Gasteiger partial charge in [0.15, 0.2) is 0 Å². The molecule has 0 saturated heterocycles. The number of nitrogens with zero attached hydrogens (tertiary/aromatic N) is 1. The highest BCUT2D eigenvalue weighted by Crippen LogP contribution is 2.32. The molecule has 0 amide bonds. The molecule has 0 unspecified atom stereocenters. The van der Waals surface area contributed by atoms with Crippen LogP contribution in [-0.4, -0.2) is 11.6 Å². The van der Waals surface area contributed by atoms with Crippen LogP contribution in [0, 0.1) is 6.92 Å². The highest BCUT2D eigenvalue weighted by atomic mass is 19.4. The van der Waals surface area contributed by atoms with E-state index in [4.69, 9.17) is 10.5 Å². The van der Waals surface area contributed by atoms with Crippen molar-refractivity contribution < 1.29 is 17.9 Å². The highest BCUT2D eigenvalue weighted by Gasteiger charge is 2.34. The number of hydrogen-bond donors (Lipinski definition) is 1. The van der Waals surface area contributed by atoms with E-state index in [0.29, 0.717) is 17.7 Å². The molecule has 0 aromatic carbocycles. The molecule has 1 aromatic rings. The zero-order valence-corrected chi connectivity index (χ0v) is 11.2. The molecule has 0 radical (unpaired) electrons. The summed E-state index contributed by atoms with van der Waals surface area (Å²) in [5.41, 5.74) is 5.59. The zero-order chi connectivity index (χ0) is 14.5. The molecule has 19 heavy (non-hydrogen) atoms. The van der Waals surface area contributed by atoms with Gasteiger partial charge in [-0.25, -0.2) is 4.98 Å². The molecular weight excluding hydrogens is 257 g/mol. The van der Waals surface area contributed by atoms with Crippen molar-refractivity contribution in [1.29, 1.82) is 0 Å². The first-order chi connectivity index (χ1) is 8.90. The van der Waals surface area contributed by atoms with Crippen LogP contribution in [0.5, 0.6) is 5.88 Å². The SMILES string of the molecule is CCCCCOc1nc(C(F)(F)F)cc(C)c1CN. The number of nitrogens with two attached hydrogens (primary N) is 1. The number of hydrogen-bond acceptors (Lipinski definition) is 3. The summed E-state index contributed by atoms with van der Waals surface area (Å²) >= 11 is 0. The van der Waals surface area contributed by atoms with Gasteiger partial charge in [-0.3, -0.25) is 0 Å². The van der Waals surface area contributed by atoms with Gasteiger partial charge in [0.2, 0.25) is 5.88 Å². The predicted molar refractivity (Wildman–Crippen MR) is 66.9 cm³/mol. The van der Waals surface area contributed by atoms with Crippen molar-refractivity contribution in [3.63, 3.8) is 0 Å². The summed E-state index contributed by atoms with van der Waals surface area (Å²) in [7, 11) is 0. The fourth-order valence-corrected chi connectivity index (χ4v) is 1.70. The Hall–Kier alpha value is -1.30. The van der Waals surface area contributed by atoms with E-state index in [1.807, 2.05) is 6.92 Å². The minimum absolute atomic E-state index is 0.00549. The molecule has 1 rings (SSSR count). The molecule has 0 atom stereocenters. The van der Waals surface area contributed by atoms with Crippen molar-refractivity contribution in [3.8, 4) is 5.88 Å². The Morgan fingerprint density at radius 2 is 2.00 bits per heavy atom. The maximum absolute atomic E-state index is 12.7. The van der Waals surface area contributed by atoms with Gasteiger partial charge in [-0.2, -0.15) is 13.2 Å². The van der Waals surface area contributed by atoms with Crippen LogP contribution >= 0.6 is 0 Å². The third-order valence-electron chi connectivity index (χ3n) is 2.79. The van der Waals surface area contributed by atoms with E-state index in [9.17, 15) is 13.2 Å². The van der Waals surface area contributed by atoms with Crippen LogP contribution in [-0.2, 0) is 12.7 Å². The second kappa shape index (κ2) is 6.75. The lowest BCUT2D eigenvalue weighted by Crippen LogP contribution is -2.14. The van der Waals surface area contributed by atoms with Crippen molar-refractivity contribution in [2.75, 3.05) is 6.61 Å². The van der Waals surface area contributed by atoms with Crippen LogP contribution < -0.4 is 10.5 Å². The number of aromatic nitrogens is 1. The van der Waals surface area contributed by atoms with Crippen LogP contribution in [0.2, 0.25) is 0 Å². The summed E-state index contributed by atoms with van der Waals surface area (Å²) in [6, 6.07) is 1.00. The Morgan fingerprint density at radius 3 is 2.53 bits per heavy atom. The maximum atomic E-state index is 12.7. The van der Waals surface area contributed by atoms with Gasteiger partial charge in [-0.1, -0.05) is 19.8 Å². The van der Waals surface area contributed by atoms with Crippen LogP contribution in [0.3, 0.4) is 0 Å². The van der Waals surface area contributed by atoms with Gasteiger partial charge in [0, 0.05) is 12.1 Å². The van der Waals surface area contributed by atoms with E-state index in [1.165, 1.54) is 0 Å². The van der Waals surface area contributed by atoms with Gasteiger partial charge in [-0.05, 0) is 25.0 Å². The lowest BCUT2D eigenvalue weighted by molar-refractivity contribution is -0.141. The quantitative estimate of drug-likeness (QED) is 0.810. The largest absolute Gasteiger partial charge is 0.477 e. The Balaban J connectivity index is 2.95. The number of ether oxygens (including phenoxy) is 1. The highest BCUT2D eigenvalue weighted by molar-refractivity contribution is 5.36. The van der Waals surface area contributed by atoms with E-state index in [-0.39, 0.29) is 12.4 Å². The Morgan fingerprint density at radius 1 is 1.32 bits per heavy atom. The van der Waals surface area contributed by atoms with Gasteiger partial charge in [-0.15, -0.1) is 0 Å². The summed E-state index contributed by atoms with van der Waals surface area (Å²) in [6.07, 6.45) is -1.70. The molecule has 0 aliphatic rings. The van der Waals surface area contributed by atoms with Crippen molar-refractivity contribution >= 4 is 0 Å². The third-order valence-corrected chi connectivity index (χ3v) is 2.79. The van der Waals surface area contributed by atoms with Gasteiger partial charge in [0.1, 0.15) is 5.69 Å². The minimum atomic E-state index is -4.47. The molecule has 108 valence electrons. The number of unbranched alkanes of at least 4 members (excludes halogenated alkanes) is 2. The van der Waals surface area contributed by atoms with Crippen molar-refractivity contribution in [3.05, 3.63) is 22.9 Å². The first-order valence-corrected chi connectivity index (χ1v) is 6.30. The molecular formula is C13H19F3N2O. The molecule has 1 heterocycles. The average Bonchev–Trinajstić information content (AvgIpc) is 2.33. The first-order valence-electron chi connectivity index (χ1n) is 6.30. The van der Waals surface area contributed by atoms with Crippen LogP contribution in [0.1, 0.15) is 43.0 Å². The molecule has 2 N–H and O–H groups in total. The number of rotatable bonds is 6. The lowest BCUT2D eigenvalue weighted by atomic mass is 10.1. The monoisotopic (exact) mass is 276 g/mol. The van der Waals surface area contributed by atoms with Crippen molar-refractivity contribution in [2.24, 2.45) is 5.73 Å². The maximum Gasteiger partial charge on any atom is 0.433 e. The molecule has 0 aliphatic carbocycles. The van der Waals surface area contributed by atoms with Gasteiger partial charge in [0.05, 0.1) is 6.61 Å². The summed E-state index contributed by atoms with van der Waals surface area (Å²) in [5, 5.41) is 0. The average molecular weight is 276 g/mol. The molecule has 6 heteroatoms. The summed E-state index contributed by atoms with van der Waals surface area (Å²) in [6.45, 7) is 4.09. The summed E-state index contributed by atoms with van der Waals surface area (Å²) < 4.78 is 43.4. The van der Waals surface area contributed by atoms with E-state index in [1.54, 1.807) is 6.92 Å². The van der Waals surface area contributed by atoms with E-state index < -0.39 is 11.9 Å². The van der Waals surface area contributed by atoms with Gasteiger partial charge < -0.3 is 10.5 Å². The second-order valence-corrected chi connectivity index (χ2v) is 4.37. The predicted octanol–water partition coefficient (Wildman–Crippen LogP) is 3.44. The van der Waals surface area contributed by atoms with E-state index in [2.05, 4.69) is 4.98 Å². The fraction of sp³-hybridized carbons (Fsp3) is 0.615. The normalized spacial score (nSPS) is 11.7. The number of halogens is 3. The lowest BCUT2D eigenvalue weighted by Gasteiger charge is -2.15. The minimum Gasteiger partial charge on any atom is -0.477 e. The molecule has 3 nitrogen and oxygen atoms in total. The molecule has 0 aliphatic heterocycles. The topological polar surface area (TPSA) is 48.1 Å². The second-order valence-electron chi connectivity index (χ2n) is 4.37. The van der Waals surface area contributed by atoms with E-state index in [0.717, 1.165) is 25.3 Å². The van der Waals surface area contributed by atoms with Crippen LogP contribution in [0.15, 0.2) is 6.07 Å². The molecule has 0 fully saturated rings. The molecule has 1 aromatic heterocycles. The fourth-order valence-electron chi connectivity index (χ4n) is 1.70. The first kappa shape index (κ1) is 15.8. The summed E-state index contributed by atoms with van der Waals surface area (Å²) in [4.78, 5) is 3.55. The zero-order valence-electron chi connectivity index (χ0n) is 11.2. The number of aryl methyl sites for hydroxylation is 1. The number of pyridine rings is 1. The number of alkyl halides is 3. The third kappa shape index (κ3) is 4.38. The molecule has 0 bridgehead atoms. The van der Waals surface area contributed by atoms with Gasteiger partial charge >= 0.3 is 6.18 Å². The Labute approximate surface area is 111 Å². The summed E-state index contributed by atoms with van der Waals surface area (Å²) in [5.74, 6) is 0.00549. The smallest absolute Gasteiger partial charge is 0.433 e. The molecule has 0 saturated carbocycles. The van der Waals surface area contributed by atoms with Crippen LogP contribution in [0.25, 0.3) is 0 Å².